The van der Waals surface area contributed by atoms with Gasteiger partial charge in [0.25, 0.3) is 11.6 Å². The van der Waals surface area contributed by atoms with E-state index in [1.54, 1.807) is 30.3 Å². The fourth-order valence-corrected chi connectivity index (χ4v) is 2.84. The third-order valence-corrected chi connectivity index (χ3v) is 4.44. The average Bonchev–Trinajstić information content (AvgIpc) is 2.78. The zero-order valence-electron chi connectivity index (χ0n) is 16.1. The summed E-state index contributed by atoms with van der Waals surface area (Å²) in [6.07, 6.45) is 0.276. The van der Waals surface area contributed by atoms with Crippen LogP contribution in [0, 0.1) is 10.1 Å². The number of esters is 1. The summed E-state index contributed by atoms with van der Waals surface area (Å²) in [7, 11) is 0. The Kier molecular flexibility index (Phi) is 6.89. The first-order valence-electron chi connectivity index (χ1n) is 9.33. The Morgan fingerprint density at radius 3 is 2.07 bits per heavy atom. The summed E-state index contributed by atoms with van der Waals surface area (Å²) in [4.78, 5) is 35.5. The van der Waals surface area contributed by atoms with Crippen molar-refractivity contribution >= 4 is 17.6 Å². The number of ether oxygens (including phenoxy) is 1. The molecule has 0 saturated heterocycles. The highest BCUT2D eigenvalue weighted by Crippen LogP contribution is 2.13. The Bertz CT molecular complexity index is 1000. The molecule has 0 radical (unpaired) electrons. The van der Waals surface area contributed by atoms with Gasteiger partial charge in [0.15, 0.2) is 0 Å². The molecular weight excluding hydrogens is 384 g/mol. The smallest absolute Gasteiger partial charge is 0.329 e. The van der Waals surface area contributed by atoms with Crippen molar-refractivity contribution in [3.8, 4) is 0 Å². The van der Waals surface area contributed by atoms with Gasteiger partial charge in [-0.25, -0.2) is 4.79 Å². The van der Waals surface area contributed by atoms with E-state index in [1.807, 2.05) is 30.3 Å². The summed E-state index contributed by atoms with van der Waals surface area (Å²) >= 11 is 0. The van der Waals surface area contributed by atoms with Gasteiger partial charge in [0.2, 0.25) is 0 Å². The van der Waals surface area contributed by atoms with Gasteiger partial charge in [-0.15, -0.1) is 0 Å². The number of benzene rings is 3. The van der Waals surface area contributed by atoms with E-state index in [1.165, 1.54) is 24.3 Å². The quantitative estimate of drug-likeness (QED) is 0.351. The maximum absolute atomic E-state index is 12.7. The van der Waals surface area contributed by atoms with E-state index in [4.69, 9.17) is 4.74 Å². The number of hydrogen-bond acceptors (Lipinski definition) is 5. The van der Waals surface area contributed by atoms with Crippen molar-refractivity contribution in [3.63, 3.8) is 0 Å². The lowest BCUT2D eigenvalue weighted by Gasteiger charge is -2.18. The molecule has 0 heterocycles. The van der Waals surface area contributed by atoms with Crippen LogP contribution in [0.15, 0.2) is 84.9 Å². The average molecular weight is 404 g/mol. The highest BCUT2D eigenvalue weighted by atomic mass is 16.6. The minimum absolute atomic E-state index is 0.0397. The first-order valence-corrected chi connectivity index (χ1v) is 9.33. The zero-order valence-corrected chi connectivity index (χ0v) is 16.1. The van der Waals surface area contributed by atoms with Crippen LogP contribution >= 0.6 is 0 Å². The molecule has 1 atom stereocenters. The summed E-state index contributed by atoms with van der Waals surface area (Å²) in [5, 5.41) is 13.5. The van der Waals surface area contributed by atoms with E-state index in [-0.39, 0.29) is 24.6 Å². The topological polar surface area (TPSA) is 98.5 Å². The normalized spacial score (nSPS) is 11.3. The molecule has 7 heteroatoms. The molecule has 0 aliphatic heterocycles. The number of nitro benzene ring substituents is 1. The van der Waals surface area contributed by atoms with Crippen LogP contribution in [0.2, 0.25) is 0 Å². The highest BCUT2D eigenvalue weighted by molar-refractivity contribution is 5.96. The number of nitro groups is 1. The van der Waals surface area contributed by atoms with Gasteiger partial charge in [-0.1, -0.05) is 48.5 Å². The fourth-order valence-electron chi connectivity index (χ4n) is 2.84. The van der Waals surface area contributed by atoms with Crippen LogP contribution in [-0.4, -0.2) is 22.8 Å². The second-order valence-corrected chi connectivity index (χ2v) is 6.61. The Hall–Kier alpha value is -4.00. The van der Waals surface area contributed by atoms with Crippen LogP contribution in [0.4, 0.5) is 5.69 Å². The number of nitrogens with one attached hydrogen (secondary N) is 1. The lowest BCUT2D eigenvalue weighted by Crippen LogP contribution is -2.43. The molecule has 0 saturated carbocycles. The van der Waals surface area contributed by atoms with Crippen LogP contribution in [0.5, 0.6) is 0 Å². The lowest BCUT2D eigenvalue weighted by atomic mass is 10.1. The van der Waals surface area contributed by atoms with Crippen LogP contribution < -0.4 is 5.32 Å². The van der Waals surface area contributed by atoms with Gasteiger partial charge in [0.1, 0.15) is 12.6 Å². The second-order valence-electron chi connectivity index (χ2n) is 6.61. The van der Waals surface area contributed by atoms with Gasteiger partial charge >= 0.3 is 5.97 Å². The van der Waals surface area contributed by atoms with Gasteiger partial charge < -0.3 is 10.1 Å². The Balaban J connectivity index is 1.69. The molecule has 0 spiro atoms. The monoisotopic (exact) mass is 404 g/mol. The van der Waals surface area contributed by atoms with Crippen molar-refractivity contribution in [2.75, 3.05) is 0 Å². The lowest BCUT2D eigenvalue weighted by molar-refractivity contribution is -0.384. The number of nitrogens with zero attached hydrogens (tertiary/aromatic N) is 1. The summed E-state index contributed by atoms with van der Waals surface area (Å²) in [6.45, 7) is -0.0523. The molecular formula is C23H20N2O5. The van der Waals surface area contributed by atoms with Gasteiger partial charge in [-0.05, 0) is 35.4 Å². The SMILES string of the molecule is O=C(N[C@H](Cc1ccccc1)C(=O)OCc1ccc([N+](=O)[O-])cc1)c1ccccc1. The number of rotatable bonds is 8. The molecule has 0 aliphatic rings. The maximum atomic E-state index is 12.7. The minimum Gasteiger partial charge on any atom is -0.459 e. The van der Waals surface area contributed by atoms with Crippen LogP contribution in [-0.2, 0) is 22.6 Å². The molecule has 1 amide bonds. The second kappa shape index (κ2) is 9.97. The van der Waals surface area contributed by atoms with Crippen LogP contribution in [0.3, 0.4) is 0 Å². The number of carbonyl (C=O) groups excluding carboxylic acids is 2. The van der Waals surface area contributed by atoms with Crippen molar-refractivity contribution in [2.24, 2.45) is 0 Å². The van der Waals surface area contributed by atoms with Crippen LogP contribution in [0.25, 0.3) is 0 Å². The Labute approximate surface area is 173 Å². The van der Waals surface area contributed by atoms with Crippen molar-refractivity contribution < 1.29 is 19.2 Å². The number of hydrogen-bond donors (Lipinski definition) is 1. The molecule has 152 valence electrons. The standard InChI is InChI=1S/C23H20N2O5/c26-22(19-9-5-2-6-10-19)24-21(15-17-7-3-1-4-8-17)23(27)30-16-18-11-13-20(14-12-18)25(28)29/h1-14,21H,15-16H2,(H,24,26)/t21-/m1/s1. The predicted octanol–water partition coefficient (Wildman–Crippen LogP) is 3.68. The minimum atomic E-state index is -0.877. The van der Waals surface area contributed by atoms with E-state index >= 15 is 0 Å². The van der Waals surface area contributed by atoms with Gasteiger partial charge in [0, 0.05) is 24.1 Å². The van der Waals surface area contributed by atoms with Crippen LogP contribution in [0.1, 0.15) is 21.5 Å². The van der Waals surface area contributed by atoms with Gasteiger partial charge in [-0.3, -0.25) is 14.9 Å². The largest absolute Gasteiger partial charge is 0.459 e. The number of amides is 1. The molecule has 30 heavy (non-hydrogen) atoms. The zero-order chi connectivity index (χ0) is 21.3. The summed E-state index contributed by atoms with van der Waals surface area (Å²) in [6, 6.07) is 22.8. The van der Waals surface area contributed by atoms with Crippen molar-refractivity contribution in [2.45, 2.75) is 19.1 Å². The number of non-ortho nitro benzene ring substituents is 1. The molecule has 0 fully saturated rings. The summed E-state index contributed by atoms with van der Waals surface area (Å²) in [5.74, 6) is -0.953. The third-order valence-electron chi connectivity index (χ3n) is 4.44. The highest BCUT2D eigenvalue weighted by Gasteiger charge is 2.23. The molecule has 3 aromatic rings. The molecule has 0 bridgehead atoms. The Morgan fingerprint density at radius 2 is 1.47 bits per heavy atom. The first-order chi connectivity index (χ1) is 14.5. The van der Waals surface area contributed by atoms with Crippen molar-refractivity contribution in [1.29, 1.82) is 0 Å². The van der Waals surface area contributed by atoms with Gasteiger partial charge in [-0.2, -0.15) is 0 Å². The third kappa shape index (κ3) is 5.75. The molecule has 1 N–H and O–H groups in total. The predicted molar refractivity (Wildman–Crippen MR) is 111 cm³/mol. The van der Waals surface area contributed by atoms with Crippen molar-refractivity contribution in [3.05, 3.63) is 112 Å². The molecule has 0 aliphatic carbocycles. The summed E-state index contributed by atoms with van der Waals surface area (Å²) < 4.78 is 5.38. The molecule has 0 unspecified atom stereocenters. The maximum Gasteiger partial charge on any atom is 0.329 e. The summed E-state index contributed by atoms with van der Waals surface area (Å²) in [5.41, 5.74) is 1.89. The Morgan fingerprint density at radius 1 is 0.867 bits per heavy atom. The first kappa shape index (κ1) is 20.7. The van der Waals surface area contributed by atoms with E-state index in [9.17, 15) is 19.7 Å². The molecule has 3 aromatic carbocycles. The van der Waals surface area contributed by atoms with Crippen molar-refractivity contribution in [1.82, 2.24) is 5.32 Å². The van der Waals surface area contributed by atoms with Gasteiger partial charge in [0.05, 0.1) is 4.92 Å². The molecule has 0 aromatic heterocycles. The fraction of sp³-hybridized carbons (Fsp3) is 0.130. The van der Waals surface area contributed by atoms with E-state index in [0.29, 0.717) is 11.1 Å². The van der Waals surface area contributed by atoms with E-state index in [0.717, 1.165) is 5.56 Å². The molecule has 3 rings (SSSR count). The molecule has 7 nitrogen and oxygen atoms in total. The number of carbonyl (C=O) groups is 2. The van der Waals surface area contributed by atoms with E-state index < -0.39 is 16.9 Å². The van der Waals surface area contributed by atoms with E-state index in [2.05, 4.69) is 5.32 Å².